The van der Waals surface area contributed by atoms with Gasteiger partial charge >= 0.3 is 0 Å². The Hall–Kier alpha value is -3.00. The molecule has 8 rings (SSSR count). The van der Waals surface area contributed by atoms with Crippen LogP contribution in [0.5, 0.6) is 11.5 Å². The van der Waals surface area contributed by atoms with Gasteiger partial charge in [0.1, 0.15) is 11.5 Å². The van der Waals surface area contributed by atoms with Gasteiger partial charge in [0.15, 0.2) is 11.5 Å². The molecule has 1 aromatic carbocycles. The minimum absolute atomic E-state index is 0.000644. The fourth-order valence-electron chi connectivity index (χ4n) is 8.47. The summed E-state index contributed by atoms with van der Waals surface area (Å²) in [5.74, 6) is 5.05. The van der Waals surface area contributed by atoms with Crippen molar-refractivity contribution in [1.29, 1.82) is 0 Å². The molecule has 0 spiro atoms. The Kier molecular flexibility index (Phi) is 6.77. The number of benzene rings is 1. The number of hydrogen-bond donors (Lipinski definition) is 0. The highest BCUT2D eigenvalue weighted by molar-refractivity contribution is 5.88. The third kappa shape index (κ3) is 5.11. The molecule has 8 nitrogen and oxygen atoms in total. The average Bonchev–Trinajstić information content (AvgIpc) is 3.69. The first-order valence-corrected chi connectivity index (χ1v) is 15.0. The van der Waals surface area contributed by atoms with Crippen LogP contribution in [0.1, 0.15) is 68.5 Å². The molecule has 1 atom stereocenters. The molecule has 214 valence electrons. The molecule has 0 radical (unpaired) electrons. The Bertz CT molecular complexity index is 1230. The van der Waals surface area contributed by atoms with Crippen LogP contribution in [0.15, 0.2) is 34.7 Å². The van der Waals surface area contributed by atoms with Gasteiger partial charge in [-0.2, -0.15) is 0 Å². The number of furan rings is 1. The summed E-state index contributed by atoms with van der Waals surface area (Å²) in [4.78, 5) is 32.2. The van der Waals surface area contributed by atoms with E-state index in [1.807, 2.05) is 42.2 Å². The molecule has 1 aromatic heterocycles. The van der Waals surface area contributed by atoms with Gasteiger partial charge in [-0.25, -0.2) is 0 Å². The van der Waals surface area contributed by atoms with Crippen LogP contribution in [0, 0.1) is 30.1 Å². The predicted molar refractivity (Wildman–Crippen MR) is 146 cm³/mol. The van der Waals surface area contributed by atoms with Gasteiger partial charge in [-0.1, -0.05) is 6.07 Å². The Balaban J connectivity index is 1.13. The van der Waals surface area contributed by atoms with E-state index < -0.39 is 0 Å². The van der Waals surface area contributed by atoms with Crippen LogP contribution >= 0.6 is 0 Å². The van der Waals surface area contributed by atoms with Crippen molar-refractivity contribution in [2.75, 3.05) is 26.5 Å². The van der Waals surface area contributed by atoms with Gasteiger partial charge in [-0.3, -0.25) is 9.59 Å². The molecular weight excluding hydrogens is 508 g/mol. The first kappa shape index (κ1) is 25.9. The minimum atomic E-state index is -0.298. The fraction of sp³-hybridized carbons (Fsp3) is 0.625. The molecule has 2 aliphatic heterocycles. The molecule has 2 amide bonds. The van der Waals surface area contributed by atoms with E-state index in [0.29, 0.717) is 48.9 Å². The largest absolute Gasteiger partial charge is 0.464 e. The first-order valence-electron chi connectivity index (χ1n) is 15.0. The third-order valence-electron chi connectivity index (χ3n) is 9.86. The van der Waals surface area contributed by atoms with Gasteiger partial charge in [0.25, 0.3) is 0 Å². The second-order valence-electron chi connectivity index (χ2n) is 13.0. The number of aryl methyl sites for hydroxylation is 1. The predicted octanol–water partition coefficient (Wildman–Crippen LogP) is 5.07. The molecule has 6 aliphatic rings. The third-order valence-corrected chi connectivity index (χ3v) is 9.86. The highest BCUT2D eigenvalue weighted by atomic mass is 16.7. The topological polar surface area (TPSA) is 81.5 Å². The van der Waals surface area contributed by atoms with Gasteiger partial charge in [-0.05, 0) is 106 Å². The number of rotatable bonds is 9. The standard InChI is InChI=1S/C32H40N2O6/c1-21-4-6-27(40-21)18-33(16-22-5-7-28-29(12-22)39-20-38-28)30(35)19-34(17-26-3-2-8-37-26)31(36)32-13-23-9-24(14-32)11-25(10-23)15-32/h4-7,12,23-26H,2-3,8-11,13-20H2,1H3. The molecule has 4 saturated carbocycles. The maximum absolute atomic E-state index is 14.4. The van der Waals surface area contributed by atoms with Crippen LogP contribution in [0.3, 0.4) is 0 Å². The molecule has 1 saturated heterocycles. The van der Waals surface area contributed by atoms with Crippen molar-refractivity contribution in [2.24, 2.45) is 23.2 Å². The summed E-state index contributed by atoms with van der Waals surface area (Å²) < 4.78 is 22.9. The minimum Gasteiger partial charge on any atom is -0.464 e. The van der Waals surface area contributed by atoms with Crippen LogP contribution in [0.4, 0.5) is 0 Å². The first-order chi connectivity index (χ1) is 19.4. The second-order valence-corrected chi connectivity index (χ2v) is 13.0. The number of carbonyl (C=O) groups excluding carboxylic acids is 2. The van der Waals surface area contributed by atoms with Crippen molar-refractivity contribution in [1.82, 2.24) is 9.80 Å². The summed E-state index contributed by atoms with van der Waals surface area (Å²) in [5.41, 5.74) is 0.646. The zero-order chi connectivity index (χ0) is 27.3. The molecule has 3 heterocycles. The molecule has 2 aromatic rings. The number of hydrogen-bond acceptors (Lipinski definition) is 6. The van der Waals surface area contributed by atoms with Gasteiger partial charge in [0.2, 0.25) is 18.6 Å². The van der Waals surface area contributed by atoms with Crippen LogP contribution in [-0.4, -0.2) is 54.2 Å². The molecule has 40 heavy (non-hydrogen) atoms. The van der Waals surface area contributed by atoms with Crippen LogP contribution in [0.25, 0.3) is 0 Å². The molecule has 5 fully saturated rings. The molecule has 1 unspecified atom stereocenters. The van der Waals surface area contributed by atoms with Gasteiger partial charge in [-0.15, -0.1) is 0 Å². The Morgan fingerprint density at radius 2 is 1.68 bits per heavy atom. The average molecular weight is 549 g/mol. The van der Waals surface area contributed by atoms with E-state index >= 15 is 0 Å². The molecular formula is C32H40N2O6. The van der Waals surface area contributed by atoms with E-state index in [1.54, 1.807) is 4.90 Å². The number of nitrogens with zero attached hydrogens (tertiary/aromatic N) is 2. The van der Waals surface area contributed by atoms with Gasteiger partial charge in [0, 0.05) is 19.7 Å². The monoisotopic (exact) mass is 548 g/mol. The smallest absolute Gasteiger partial charge is 0.242 e. The van der Waals surface area contributed by atoms with E-state index in [9.17, 15) is 9.59 Å². The van der Waals surface area contributed by atoms with E-state index in [-0.39, 0.29) is 36.7 Å². The van der Waals surface area contributed by atoms with Crippen molar-refractivity contribution in [3.63, 3.8) is 0 Å². The van der Waals surface area contributed by atoms with E-state index in [2.05, 4.69) is 0 Å². The lowest BCUT2D eigenvalue weighted by Gasteiger charge is -2.56. The summed E-state index contributed by atoms with van der Waals surface area (Å²) in [6.07, 6.45) is 8.75. The summed E-state index contributed by atoms with van der Waals surface area (Å²) in [6.45, 7) is 4.11. The summed E-state index contributed by atoms with van der Waals surface area (Å²) >= 11 is 0. The molecule has 8 heteroatoms. The maximum atomic E-state index is 14.4. The quantitative estimate of drug-likeness (QED) is 0.435. The van der Waals surface area contributed by atoms with Gasteiger partial charge < -0.3 is 28.4 Å². The highest BCUT2D eigenvalue weighted by Crippen LogP contribution is 2.60. The Labute approximate surface area is 235 Å². The lowest BCUT2D eigenvalue weighted by atomic mass is 9.49. The van der Waals surface area contributed by atoms with Crippen molar-refractivity contribution in [2.45, 2.75) is 77.5 Å². The Morgan fingerprint density at radius 3 is 2.35 bits per heavy atom. The van der Waals surface area contributed by atoms with Crippen molar-refractivity contribution >= 4 is 11.8 Å². The normalized spacial score (nSPS) is 29.6. The Morgan fingerprint density at radius 1 is 0.925 bits per heavy atom. The number of ether oxygens (including phenoxy) is 3. The highest BCUT2D eigenvalue weighted by Gasteiger charge is 2.56. The zero-order valence-electron chi connectivity index (χ0n) is 23.4. The second kappa shape index (κ2) is 10.4. The van der Waals surface area contributed by atoms with Crippen molar-refractivity contribution in [3.05, 3.63) is 47.4 Å². The molecule has 4 bridgehead atoms. The lowest BCUT2D eigenvalue weighted by Crippen LogP contribution is -2.57. The lowest BCUT2D eigenvalue weighted by molar-refractivity contribution is -0.162. The van der Waals surface area contributed by atoms with Crippen molar-refractivity contribution < 1.29 is 28.2 Å². The van der Waals surface area contributed by atoms with Crippen LogP contribution < -0.4 is 9.47 Å². The van der Waals surface area contributed by atoms with E-state index in [0.717, 1.165) is 55.8 Å². The fourth-order valence-corrected chi connectivity index (χ4v) is 8.47. The van der Waals surface area contributed by atoms with Crippen LogP contribution in [-0.2, 0) is 27.4 Å². The zero-order valence-corrected chi connectivity index (χ0v) is 23.4. The van der Waals surface area contributed by atoms with E-state index in [4.69, 9.17) is 18.6 Å². The van der Waals surface area contributed by atoms with Crippen molar-refractivity contribution in [3.8, 4) is 11.5 Å². The molecule has 4 aliphatic carbocycles. The summed E-state index contributed by atoms with van der Waals surface area (Å²) in [6, 6.07) is 9.61. The molecule has 0 N–H and O–H groups in total. The number of amides is 2. The number of fused-ring (bicyclic) bond motifs is 1. The number of carbonyl (C=O) groups is 2. The maximum Gasteiger partial charge on any atom is 0.242 e. The van der Waals surface area contributed by atoms with Gasteiger partial charge in [0.05, 0.1) is 24.6 Å². The van der Waals surface area contributed by atoms with Crippen LogP contribution in [0.2, 0.25) is 0 Å². The summed E-state index contributed by atoms with van der Waals surface area (Å²) in [7, 11) is 0. The summed E-state index contributed by atoms with van der Waals surface area (Å²) in [5, 5.41) is 0. The SMILES string of the molecule is Cc1ccc(CN(Cc2ccc3c(c2)OCO3)C(=O)CN(CC2CCCO2)C(=O)C23CC4CC(CC(C4)C2)C3)o1. The van der Waals surface area contributed by atoms with E-state index in [1.165, 1.54) is 19.3 Å².